The number of para-hydroxylation sites is 1. The average Bonchev–Trinajstić information content (AvgIpc) is 3.02. The van der Waals surface area contributed by atoms with Gasteiger partial charge >= 0.3 is 0 Å². The number of hydrogen-bond acceptors (Lipinski definition) is 2. The van der Waals surface area contributed by atoms with Crippen LogP contribution in [0.25, 0.3) is 10.9 Å². The van der Waals surface area contributed by atoms with Crippen LogP contribution in [-0.4, -0.2) is 16.3 Å². The molecule has 0 saturated carbocycles. The van der Waals surface area contributed by atoms with E-state index in [1.807, 2.05) is 74.6 Å². The largest absolute Gasteiger partial charge is 0.293 e. The fraction of sp³-hybridized carbons (Fsp3) is 0.217. The third kappa shape index (κ3) is 3.52. The molecular formula is C23H23NO2. The van der Waals surface area contributed by atoms with Gasteiger partial charge in [-0.05, 0) is 31.9 Å². The molecule has 0 aliphatic rings. The number of fused-ring (bicyclic) bond motifs is 1. The van der Waals surface area contributed by atoms with Gasteiger partial charge in [0, 0.05) is 24.1 Å². The van der Waals surface area contributed by atoms with E-state index in [4.69, 9.17) is 0 Å². The quantitative estimate of drug-likeness (QED) is 0.444. The summed E-state index contributed by atoms with van der Waals surface area (Å²) in [7, 11) is 0. The van der Waals surface area contributed by atoms with Crippen LogP contribution in [0.1, 0.15) is 53.8 Å². The van der Waals surface area contributed by atoms with Crippen molar-refractivity contribution < 1.29 is 9.59 Å². The summed E-state index contributed by atoms with van der Waals surface area (Å²) in [6.45, 7) is 5.60. The van der Waals surface area contributed by atoms with Crippen LogP contribution in [0.2, 0.25) is 0 Å². The van der Waals surface area contributed by atoms with Crippen molar-refractivity contribution in [3.05, 3.63) is 83.6 Å². The minimum Gasteiger partial charge on any atom is -0.293 e. The fourth-order valence-electron chi connectivity index (χ4n) is 3.28. The first-order chi connectivity index (χ1) is 12.5. The molecular weight excluding hydrogens is 322 g/mol. The van der Waals surface area contributed by atoms with E-state index in [0.29, 0.717) is 12.0 Å². The fourth-order valence-corrected chi connectivity index (χ4v) is 3.28. The number of allylic oxidation sites excluding steroid dienone is 2. The molecule has 3 heteroatoms. The maximum Gasteiger partial charge on any atom is 0.227 e. The van der Waals surface area contributed by atoms with Crippen molar-refractivity contribution in [2.75, 3.05) is 0 Å². The Balaban J connectivity index is 2.16. The molecule has 0 aliphatic carbocycles. The summed E-state index contributed by atoms with van der Waals surface area (Å²) in [5.74, 6) is -0.298. The highest BCUT2D eigenvalue weighted by molar-refractivity contribution is 6.04. The second-order valence-corrected chi connectivity index (χ2v) is 6.79. The molecule has 1 heterocycles. The molecule has 132 valence electrons. The van der Waals surface area contributed by atoms with Gasteiger partial charge in [-0.2, -0.15) is 0 Å². The number of nitrogens with zero attached hydrogens (tertiary/aromatic N) is 1. The van der Waals surface area contributed by atoms with Crippen molar-refractivity contribution in [3.63, 3.8) is 0 Å². The summed E-state index contributed by atoms with van der Waals surface area (Å²) in [4.78, 5) is 25.3. The Bertz CT molecular complexity index is 976. The molecule has 0 radical (unpaired) electrons. The number of aromatic nitrogens is 1. The number of Topliss-reactive ketones (excluding diaryl/α,β-unsaturated/α-hetero) is 1. The number of benzene rings is 2. The third-order valence-corrected chi connectivity index (χ3v) is 4.59. The first-order valence-electron chi connectivity index (χ1n) is 8.82. The van der Waals surface area contributed by atoms with Gasteiger partial charge in [-0.15, -0.1) is 0 Å². The lowest BCUT2D eigenvalue weighted by molar-refractivity contribution is 0.0934. The second-order valence-electron chi connectivity index (χ2n) is 6.79. The Morgan fingerprint density at radius 2 is 1.62 bits per heavy atom. The van der Waals surface area contributed by atoms with Gasteiger partial charge < -0.3 is 0 Å². The lowest BCUT2D eigenvalue weighted by atomic mass is 9.87. The van der Waals surface area contributed by atoms with E-state index < -0.39 is 0 Å². The summed E-state index contributed by atoms with van der Waals surface area (Å²) >= 11 is 0. The summed E-state index contributed by atoms with van der Waals surface area (Å²) in [5, 5.41) is 0.958. The van der Waals surface area contributed by atoms with E-state index >= 15 is 0 Å². The van der Waals surface area contributed by atoms with E-state index in [1.165, 1.54) is 5.57 Å². The van der Waals surface area contributed by atoms with E-state index in [-0.39, 0.29) is 17.6 Å². The van der Waals surface area contributed by atoms with Crippen LogP contribution >= 0.6 is 0 Å². The van der Waals surface area contributed by atoms with Gasteiger partial charge in [0.2, 0.25) is 5.91 Å². The molecule has 1 aromatic heterocycles. The monoisotopic (exact) mass is 345 g/mol. The maximum absolute atomic E-state index is 13.3. The maximum atomic E-state index is 13.3. The topological polar surface area (TPSA) is 39.1 Å². The first kappa shape index (κ1) is 17.9. The van der Waals surface area contributed by atoms with E-state index in [0.717, 1.165) is 16.5 Å². The summed E-state index contributed by atoms with van der Waals surface area (Å²) < 4.78 is 1.64. The lowest BCUT2D eigenvalue weighted by Crippen LogP contribution is -2.13. The molecule has 0 amide bonds. The molecule has 0 fully saturated rings. The van der Waals surface area contributed by atoms with Gasteiger partial charge in [0.05, 0.1) is 11.4 Å². The molecule has 0 bridgehead atoms. The SMILES string of the molecule is CC(=O)n1cc(C(CC=C(C)C)C(=O)c2ccccc2)c2ccccc21. The Hall–Kier alpha value is -2.94. The van der Waals surface area contributed by atoms with Crippen molar-refractivity contribution in [1.29, 1.82) is 0 Å². The molecule has 0 spiro atoms. The first-order valence-corrected chi connectivity index (χ1v) is 8.82. The molecule has 0 aliphatic heterocycles. The van der Waals surface area contributed by atoms with Crippen molar-refractivity contribution in [3.8, 4) is 0 Å². The normalized spacial score (nSPS) is 12.0. The Morgan fingerprint density at radius 3 is 2.27 bits per heavy atom. The van der Waals surface area contributed by atoms with Crippen molar-refractivity contribution in [2.24, 2.45) is 0 Å². The summed E-state index contributed by atoms with van der Waals surface area (Å²) in [5.41, 5.74) is 3.62. The van der Waals surface area contributed by atoms with Crippen LogP contribution < -0.4 is 0 Å². The van der Waals surface area contributed by atoms with E-state index in [1.54, 1.807) is 11.5 Å². The van der Waals surface area contributed by atoms with Crippen molar-refractivity contribution in [1.82, 2.24) is 4.57 Å². The van der Waals surface area contributed by atoms with Gasteiger partial charge in [-0.1, -0.05) is 60.2 Å². The van der Waals surface area contributed by atoms with Crippen LogP contribution in [-0.2, 0) is 0 Å². The molecule has 1 atom stereocenters. The predicted octanol–water partition coefficient (Wildman–Crippen LogP) is 5.62. The number of rotatable bonds is 5. The van der Waals surface area contributed by atoms with Crippen LogP contribution in [0.15, 0.2) is 72.4 Å². The zero-order chi connectivity index (χ0) is 18.7. The van der Waals surface area contributed by atoms with Crippen LogP contribution in [0, 0.1) is 0 Å². The summed E-state index contributed by atoms with van der Waals surface area (Å²) in [6.07, 6.45) is 4.53. The van der Waals surface area contributed by atoms with Gasteiger partial charge in [0.15, 0.2) is 5.78 Å². The van der Waals surface area contributed by atoms with Crippen LogP contribution in [0.3, 0.4) is 0 Å². The van der Waals surface area contributed by atoms with Crippen LogP contribution in [0.4, 0.5) is 0 Å². The molecule has 3 aromatic rings. The highest BCUT2D eigenvalue weighted by Crippen LogP contribution is 2.33. The van der Waals surface area contributed by atoms with Crippen LogP contribution in [0.5, 0.6) is 0 Å². The zero-order valence-corrected chi connectivity index (χ0v) is 15.4. The van der Waals surface area contributed by atoms with Gasteiger partial charge in [0.1, 0.15) is 0 Å². The Labute approximate surface area is 154 Å². The van der Waals surface area contributed by atoms with Gasteiger partial charge in [0.25, 0.3) is 0 Å². The zero-order valence-electron chi connectivity index (χ0n) is 15.4. The molecule has 3 rings (SSSR count). The van der Waals surface area contributed by atoms with Crippen molar-refractivity contribution >= 4 is 22.6 Å². The van der Waals surface area contributed by atoms with Crippen molar-refractivity contribution in [2.45, 2.75) is 33.1 Å². The smallest absolute Gasteiger partial charge is 0.227 e. The number of carbonyl (C=O) groups is 2. The molecule has 0 saturated heterocycles. The average molecular weight is 345 g/mol. The highest BCUT2D eigenvalue weighted by atomic mass is 16.1. The number of carbonyl (C=O) groups excluding carboxylic acids is 2. The molecule has 26 heavy (non-hydrogen) atoms. The minimum absolute atomic E-state index is 0.0550. The van der Waals surface area contributed by atoms with E-state index in [9.17, 15) is 9.59 Å². The lowest BCUT2D eigenvalue weighted by Gasteiger charge is -2.14. The van der Waals surface area contributed by atoms with Gasteiger partial charge in [-0.25, -0.2) is 0 Å². The predicted molar refractivity (Wildman–Crippen MR) is 106 cm³/mol. The molecule has 2 aromatic carbocycles. The highest BCUT2D eigenvalue weighted by Gasteiger charge is 2.25. The Kier molecular flexibility index (Phi) is 5.17. The summed E-state index contributed by atoms with van der Waals surface area (Å²) in [6, 6.07) is 17.1. The Morgan fingerprint density at radius 1 is 0.962 bits per heavy atom. The second kappa shape index (κ2) is 7.52. The molecule has 0 N–H and O–H groups in total. The standard InChI is InChI=1S/C23H23NO2/c1-16(2)13-14-20(23(26)18-9-5-4-6-10-18)21-15-24(17(3)25)22-12-8-7-11-19(21)22/h4-13,15,20H,14H2,1-3H3. The minimum atomic E-state index is -0.321. The molecule has 1 unspecified atom stereocenters. The van der Waals surface area contributed by atoms with E-state index in [2.05, 4.69) is 6.08 Å². The van der Waals surface area contributed by atoms with Gasteiger partial charge in [-0.3, -0.25) is 14.2 Å². The number of ketones is 1. The number of hydrogen-bond donors (Lipinski definition) is 0. The molecule has 3 nitrogen and oxygen atoms in total. The third-order valence-electron chi connectivity index (χ3n) is 4.59.